The Morgan fingerprint density at radius 3 is 2.21 bits per heavy atom. The second-order valence-corrected chi connectivity index (χ2v) is 6.72. The summed E-state index contributed by atoms with van der Waals surface area (Å²) in [5.41, 5.74) is 1.85. The largest absolute Gasteiger partial charge is 0.379 e. The summed E-state index contributed by atoms with van der Waals surface area (Å²) >= 11 is 3.26. The van der Waals surface area contributed by atoms with E-state index in [0.29, 0.717) is 5.75 Å². The van der Waals surface area contributed by atoms with Crippen LogP contribution in [-0.4, -0.2) is 8.42 Å². The van der Waals surface area contributed by atoms with E-state index in [1.165, 1.54) is 12.1 Å². The summed E-state index contributed by atoms with van der Waals surface area (Å²) < 4.78 is 30.2. The van der Waals surface area contributed by atoms with Crippen LogP contribution in [-0.2, 0) is 10.1 Å². The van der Waals surface area contributed by atoms with Crippen molar-refractivity contribution in [2.75, 3.05) is 0 Å². The first-order valence-corrected chi connectivity index (χ1v) is 7.86. The van der Waals surface area contributed by atoms with Crippen molar-refractivity contribution in [2.24, 2.45) is 0 Å². The Bertz CT molecular complexity index is 691. The normalized spacial score (nSPS) is 11.3. The maximum atomic E-state index is 12.1. The van der Waals surface area contributed by atoms with Gasteiger partial charge in [-0.1, -0.05) is 33.6 Å². The molecule has 19 heavy (non-hydrogen) atoms. The molecule has 0 atom stereocenters. The van der Waals surface area contributed by atoms with E-state index in [9.17, 15) is 8.42 Å². The Morgan fingerprint density at radius 1 is 1.00 bits per heavy atom. The fourth-order valence-corrected chi connectivity index (χ4v) is 2.91. The van der Waals surface area contributed by atoms with Crippen molar-refractivity contribution in [2.45, 2.75) is 18.7 Å². The second-order valence-electron chi connectivity index (χ2n) is 4.26. The highest BCUT2D eigenvalue weighted by Crippen LogP contribution is 2.24. The smallest absolute Gasteiger partial charge is 0.339 e. The number of hydrogen-bond acceptors (Lipinski definition) is 3. The van der Waals surface area contributed by atoms with Gasteiger partial charge in [0.15, 0.2) is 0 Å². The van der Waals surface area contributed by atoms with E-state index in [4.69, 9.17) is 4.18 Å². The fraction of sp³-hybridized carbons (Fsp3) is 0.143. The van der Waals surface area contributed by atoms with Crippen LogP contribution >= 0.6 is 15.9 Å². The average molecular weight is 341 g/mol. The highest BCUT2D eigenvalue weighted by atomic mass is 79.9. The van der Waals surface area contributed by atoms with E-state index >= 15 is 0 Å². The van der Waals surface area contributed by atoms with Crippen LogP contribution in [0.15, 0.2) is 51.8 Å². The molecule has 5 heteroatoms. The SMILES string of the molecule is Cc1ccc(OS(=O)(=O)c2ccc(Br)cc2)c(C)c1. The quantitative estimate of drug-likeness (QED) is 0.797. The first-order chi connectivity index (χ1) is 8.88. The van der Waals surface area contributed by atoms with Gasteiger partial charge in [-0.15, -0.1) is 0 Å². The molecule has 0 saturated carbocycles. The summed E-state index contributed by atoms with van der Waals surface area (Å²) in [6, 6.07) is 11.7. The highest BCUT2D eigenvalue weighted by molar-refractivity contribution is 9.10. The minimum absolute atomic E-state index is 0.135. The van der Waals surface area contributed by atoms with Crippen molar-refractivity contribution in [1.82, 2.24) is 0 Å². The summed E-state index contributed by atoms with van der Waals surface area (Å²) in [5, 5.41) is 0. The third-order valence-electron chi connectivity index (χ3n) is 2.63. The van der Waals surface area contributed by atoms with Crippen molar-refractivity contribution in [1.29, 1.82) is 0 Å². The van der Waals surface area contributed by atoms with Gasteiger partial charge in [-0.05, 0) is 49.7 Å². The molecule has 0 aromatic heterocycles. The van der Waals surface area contributed by atoms with Crippen LogP contribution in [0.5, 0.6) is 5.75 Å². The lowest BCUT2D eigenvalue weighted by atomic mass is 10.1. The molecule has 0 aliphatic carbocycles. The Labute approximate surface area is 121 Å². The number of halogens is 1. The molecule has 0 unspecified atom stereocenters. The summed E-state index contributed by atoms with van der Waals surface area (Å²) in [6.45, 7) is 3.76. The minimum Gasteiger partial charge on any atom is -0.379 e. The van der Waals surface area contributed by atoms with Crippen LogP contribution in [0.25, 0.3) is 0 Å². The monoisotopic (exact) mass is 340 g/mol. The zero-order chi connectivity index (χ0) is 14.0. The lowest BCUT2D eigenvalue weighted by Crippen LogP contribution is -2.10. The van der Waals surface area contributed by atoms with Crippen LogP contribution in [0.2, 0.25) is 0 Å². The highest BCUT2D eigenvalue weighted by Gasteiger charge is 2.17. The van der Waals surface area contributed by atoms with Crippen LogP contribution in [0.3, 0.4) is 0 Å². The standard InChI is InChI=1S/C14H13BrO3S/c1-10-3-8-14(11(2)9-10)18-19(16,17)13-6-4-12(15)5-7-13/h3-9H,1-2H3. The van der Waals surface area contributed by atoms with Gasteiger partial charge in [0, 0.05) is 4.47 Å². The molecular weight excluding hydrogens is 328 g/mol. The molecule has 0 radical (unpaired) electrons. The summed E-state index contributed by atoms with van der Waals surface area (Å²) in [7, 11) is -3.79. The summed E-state index contributed by atoms with van der Waals surface area (Å²) in [5.74, 6) is 0.355. The van der Waals surface area contributed by atoms with Gasteiger partial charge in [-0.2, -0.15) is 8.42 Å². The lowest BCUT2D eigenvalue weighted by Gasteiger charge is -2.10. The number of hydrogen-bond donors (Lipinski definition) is 0. The van der Waals surface area contributed by atoms with E-state index in [0.717, 1.165) is 15.6 Å². The van der Waals surface area contributed by atoms with Crippen molar-refractivity contribution in [3.05, 3.63) is 58.1 Å². The summed E-state index contributed by atoms with van der Waals surface area (Å²) in [4.78, 5) is 0.135. The van der Waals surface area contributed by atoms with Crippen molar-refractivity contribution in [3.63, 3.8) is 0 Å². The van der Waals surface area contributed by atoms with Crippen LogP contribution in [0.1, 0.15) is 11.1 Å². The molecule has 0 spiro atoms. The Hall–Kier alpha value is -1.33. The zero-order valence-corrected chi connectivity index (χ0v) is 13.0. The molecule has 0 heterocycles. The molecule has 0 N–H and O–H groups in total. The average Bonchev–Trinajstić information content (AvgIpc) is 2.33. The molecule has 0 aliphatic rings. The van der Waals surface area contributed by atoms with E-state index < -0.39 is 10.1 Å². The number of aryl methyl sites for hydroxylation is 2. The summed E-state index contributed by atoms with van der Waals surface area (Å²) in [6.07, 6.45) is 0. The van der Waals surface area contributed by atoms with Gasteiger partial charge < -0.3 is 4.18 Å². The van der Waals surface area contributed by atoms with E-state index in [1.807, 2.05) is 26.0 Å². The van der Waals surface area contributed by atoms with Gasteiger partial charge in [0.25, 0.3) is 0 Å². The third kappa shape index (κ3) is 3.36. The molecule has 100 valence electrons. The predicted octanol–water partition coefficient (Wildman–Crippen LogP) is 3.83. The molecule has 2 aromatic carbocycles. The Morgan fingerprint density at radius 2 is 1.63 bits per heavy atom. The molecular formula is C14H13BrO3S. The first kappa shape index (κ1) is 14.1. The predicted molar refractivity (Wildman–Crippen MR) is 77.9 cm³/mol. The molecule has 2 aromatic rings. The third-order valence-corrected chi connectivity index (χ3v) is 4.41. The van der Waals surface area contributed by atoms with Crippen LogP contribution < -0.4 is 4.18 Å². The van der Waals surface area contributed by atoms with E-state index in [2.05, 4.69) is 15.9 Å². The lowest BCUT2D eigenvalue weighted by molar-refractivity contribution is 0.484. The van der Waals surface area contributed by atoms with E-state index in [1.54, 1.807) is 18.2 Å². The van der Waals surface area contributed by atoms with Crippen molar-refractivity contribution >= 4 is 26.0 Å². The maximum Gasteiger partial charge on any atom is 0.339 e. The van der Waals surface area contributed by atoms with E-state index in [-0.39, 0.29) is 4.90 Å². The molecule has 2 rings (SSSR count). The van der Waals surface area contributed by atoms with Gasteiger partial charge in [-0.3, -0.25) is 0 Å². The fourth-order valence-electron chi connectivity index (χ4n) is 1.66. The van der Waals surface area contributed by atoms with Crippen molar-refractivity contribution in [3.8, 4) is 5.75 Å². The Balaban J connectivity index is 2.33. The molecule has 0 saturated heterocycles. The number of rotatable bonds is 3. The van der Waals surface area contributed by atoms with Crippen LogP contribution in [0, 0.1) is 13.8 Å². The zero-order valence-electron chi connectivity index (χ0n) is 10.6. The number of benzene rings is 2. The molecule has 0 amide bonds. The molecule has 0 aliphatic heterocycles. The second kappa shape index (κ2) is 5.35. The first-order valence-electron chi connectivity index (χ1n) is 5.66. The minimum atomic E-state index is -3.79. The van der Waals surface area contributed by atoms with Gasteiger partial charge >= 0.3 is 10.1 Å². The van der Waals surface area contributed by atoms with Gasteiger partial charge in [0.1, 0.15) is 10.6 Å². The van der Waals surface area contributed by atoms with Gasteiger partial charge in [-0.25, -0.2) is 0 Å². The van der Waals surface area contributed by atoms with Crippen molar-refractivity contribution < 1.29 is 12.6 Å². The van der Waals surface area contributed by atoms with Gasteiger partial charge in [0.05, 0.1) is 0 Å². The van der Waals surface area contributed by atoms with Gasteiger partial charge in [0.2, 0.25) is 0 Å². The Kier molecular flexibility index (Phi) is 3.96. The molecule has 3 nitrogen and oxygen atoms in total. The molecule has 0 fully saturated rings. The molecule has 0 bridgehead atoms. The van der Waals surface area contributed by atoms with Crippen LogP contribution in [0.4, 0.5) is 0 Å². The topological polar surface area (TPSA) is 43.4 Å². The maximum absolute atomic E-state index is 12.1.